The van der Waals surface area contributed by atoms with Crippen molar-refractivity contribution in [2.75, 3.05) is 11.9 Å². The number of hydrogen-bond donors (Lipinski definition) is 1. The van der Waals surface area contributed by atoms with E-state index in [1.165, 1.54) is 6.33 Å². The van der Waals surface area contributed by atoms with Gasteiger partial charge in [0.05, 0.1) is 12.2 Å². The van der Waals surface area contributed by atoms with Gasteiger partial charge in [0.2, 0.25) is 5.95 Å². The van der Waals surface area contributed by atoms with Gasteiger partial charge in [0.15, 0.2) is 5.65 Å². The van der Waals surface area contributed by atoms with Crippen LogP contribution in [0, 0.1) is 0 Å². The molecule has 3 aromatic rings. The minimum Gasteiger partial charge on any atom is -0.351 e. The zero-order chi connectivity index (χ0) is 16.1. The van der Waals surface area contributed by atoms with Gasteiger partial charge in [-0.3, -0.25) is 0 Å². The summed E-state index contributed by atoms with van der Waals surface area (Å²) in [6, 6.07) is 3.96. The van der Waals surface area contributed by atoms with E-state index in [1.807, 2.05) is 24.5 Å². The largest absolute Gasteiger partial charge is 0.351 e. The van der Waals surface area contributed by atoms with Gasteiger partial charge in [-0.1, -0.05) is 6.08 Å². The van der Waals surface area contributed by atoms with Crippen LogP contribution in [0.1, 0.15) is 31.1 Å². The Balaban J connectivity index is 0.00000157. The normalized spacial score (nSPS) is 17.6. The standard InChI is InChI=1S/C17H15FN6.H2/c18-17(5-6-17)9-20-16-19-7-13-12(2-3-14(13)23-16)11-1-4-15-21-10-22-24(15)8-11;/h1-2,4,7-8,10H,3,5-6,9H2,(H,19,20,23);1H. The minimum absolute atomic E-state index is 0. The third-order valence-electron chi connectivity index (χ3n) is 4.60. The van der Waals surface area contributed by atoms with Crippen LogP contribution in [0.3, 0.4) is 0 Å². The van der Waals surface area contributed by atoms with Crippen molar-refractivity contribution in [3.8, 4) is 0 Å². The second-order valence-electron chi connectivity index (χ2n) is 6.36. The van der Waals surface area contributed by atoms with Gasteiger partial charge in [-0.15, -0.1) is 0 Å². The van der Waals surface area contributed by atoms with Gasteiger partial charge < -0.3 is 5.32 Å². The molecule has 0 spiro atoms. The highest BCUT2D eigenvalue weighted by Gasteiger charge is 2.43. The van der Waals surface area contributed by atoms with Crippen molar-refractivity contribution in [3.05, 3.63) is 53.8 Å². The van der Waals surface area contributed by atoms with Gasteiger partial charge in [0.25, 0.3) is 0 Å². The number of hydrogen-bond acceptors (Lipinski definition) is 5. The maximum atomic E-state index is 13.7. The summed E-state index contributed by atoms with van der Waals surface area (Å²) in [5.74, 6) is 0.499. The molecule has 24 heavy (non-hydrogen) atoms. The highest BCUT2D eigenvalue weighted by molar-refractivity contribution is 5.83. The van der Waals surface area contributed by atoms with Crippen molar-refractivity contribution in [1.82, 2.24) is 24.6 Å². The molecule has 2 aliphatic rings. The number of halogens is 1. The lowest BCUT2D eigenvalue weighted by molar-refractivity contribution is 0.326. The van der Waals surface area contributed by atoms with Crippen LogP contribution in [0.5, 0.6) is 0 Å². The first-order chi connectivity index (χ1) is 11.7. The summed E-state index contributed by atoms with van der Waals surface area (Å²) < 4.78 is 15.5. The van der Waals surface area contributed by atoms with Crippen LogP contribution in [-0.4, -0.2) is 36.8 Å². The van der Waals surface area contributed by atoms with Gasteiger partial charge in [0.1, 0.15) is 12.0 Å². The summed E-state index contributed by atoms with van der Waals surface area (Å²) >= 11 is 0. The van der Waals surface area contributed by atoms with Crippen LogP contribution >= 0.6 is 0 Å². The van der Waals surface area contributed by atoms with E-state index in [-0.39, 0.29) is 7.97 Å². The van der Waals surface area contributed by atoms with Crippen LogP contribution < -0.4 is 5.32 Å². The van der Waals surface area contributed by atoms with Gasteiger partial charge in [0, 0.05) is 31.4 Å². The first-order valence-electron chi connectivity index (χ1n) is 7.99. The number of allylic oxidation sites excluding steroid dienone is 1. The SMILES string of the molecule is FC1(CNc2ncc3c(n2)CC=C3c2ccc3ncnn3c2)CC1.[HH]. The smallest absolute Gasteiger partial charge is 0.223 e. The first kappa shape index (κ1) is 13.6. The molecule has 2 aliphatic carbocycles. The number of nitrogens with zero attached hydrogens (tertiary/aromatic N) is 5. The summed E-state index contributed by atoms with van der Waals surface area (Å²) in [6.45, 7) is 0.287. The van der Waals surface area contributed by atoms with E-state index < -0.39 is 5.67 Å². The van der Waals surface area contributed by atoms with Crippen LogP contribution in [0.4, 0.5) is 10.3 Å². The highest BCUT2D eigenvalue weighted by Crippen LogP contribution is 2.39. The van der Waals surface area contributed by atoms with Gasteiger partial charge in [-0.25, -0.2) is 23.9 Å². The molecule has 122 valence electrons. The Morgan fingerprint density at radius 3 is 3.08 bits per heavy atom. The van der Waals surface area contributed by atoms with Crippen LogP contribution in [0.25, 0.3) is 11.2 Å². The number of nitrogens with one attached hydrogen (secondary N) is 1. The molecule has 1 fully saturated rings. The van der Waals surface area contributed by atoms with Crippen molar-refractivity contribution >= 4 is 17.2 Å². The van der Waals surface area contributed by atoms with E-state index in [4.69, 9.17) is 0 Å². The maximum Gasteiger partial charge on any atom is 0.223 e. The average Bonchev–Trinajstić information content (AvgIpc) is 3.02. The number of aromatic nitrogens is 5. The Hall–Kier alpha value is -2.83. The molecule has 0 saturated heterocycles. The number of rotatable bonds is 4. The molecule has 3 aromatic heterocycles. The number of anilines is 1. The summed E-state index contributed by atoms with van der Waals surface area (Å²) in [5.41, 5.74) is 3.88. The lowest BCUT2D eigenvalue weighted by atomic mass is 10.0. The van der Waals surface area contributed by atoms with Crippen molar-refractivity contribution in [1.29, 1.82) is 0 Å². The predicted octanol–water partition coefficient (Wildman–Crippen LogP) is 2.67. The lowest BCUT2D eigenvalue weighted by Gasteiger charge is -2.10. The summed E-state index contributed by atoms with van der Waals surface area (Å²) in [5, 5.41) is 7.19. The van der Waals surface area contributed by atoms with Crippen molar-refractivity contribution in [3.63, 3.8) is 0 Å². The summed E-state index contributed by atoms with van der Waals surface area (Å²) in [6.07, 6.45) is 9.44. The van der Waals surface area contributed by atoms with Crippen molar-refractivity contribution < 1.29 is 5.82 Å². The minimum atomic E-state index is -1.06. The zero-order valence-corrected chi connectivity index (χ0v) is 12.9. The lowest BCUT2D eigenvalue weighted by Crippen LogP contribution is -2.17. The Labute approximate surface area is 139 Å². The van der Waals surface area contributed by atoms with Gasteiger partial charge >= 0.3 is 0 Å². The second kappa shape index (κ2) is 4.83. The maximum absolute atomic E-state index is 13.7. The fourth-order valence-electron chi connectivity index (χ4n) is 2.99. The molecular weight excluding hydrogens is 307 g/mol. The highest BCUT2D eigenvalue weighted by atomic mass is 19.1. The molecule has 1 N–H and O–H groups in total. The molecule has 0 unspecified atom stereocenters. The average molecular weight is 324 g/mol. The Morgan fingerprint density at radius 2 is 2.21 bits per heavy atom. The van der Waals surface area contributed by atoms with Crippen molar-refractivity contribution in [2.45, 2.75) is 24.9 Å². The van der Waals surface area contributed by atoms with E-state index in [0.717, 1.165) is 34.5 Å². The van der Waals surface area contributed by atoms with E-state index >= 15 is 0 Å². The number of alkyl halides is 1. The molecule has 7 heteroatoms. The van der Waals surface area contributed by atoms with Crippen LogP contribution in [0.15, 0.2) is 36.9 Å². The number of pyridine rings is 1. The summed E-state index contributed by atoms with van der Waals surface area (Å²) in [4.78, 5) is 13.0. The van der Waals surface area contributed by atoms with E-state index in [9.17, 15) is 4.39 Å². The molecule has 0 radical (unpaired) electrons. The molecule has 0 atom stereocenters. The Morgan fingerprint density at radius 1 is 1.29 bits per heavy atom. The molecule has 5 rings (SSSR count). The van der Waals surface area contributed by atoms with Gasteiger partial charge in [-0.2, -0.15) is 5.10 Å². The zero-order valence-electron chi connectivity index (χ0n) is 12.9. The van der Waals surface area contributed by atoms with Crippen molar-refractivity contribution in [2.24, 2.45) is 0 Å². The molecule has 6 nitrogen and oxygen atoms in total. The molecule has 0 amide bonds. The third kappa shape index (κ3) is 2.24. The molecule has 0 aromatic carbocycles. The Bertz CT molecular complexity index is 978. The molecule has 1 saturated carbocycles. The second-order valence-corrected chi connectivity index (χ2v) is 6.36. The van der Waals surface area contributed by atoms with Crippen LogP contribution in [-0.2, 0) is 6.42 Å². The fourth-order valence-corrected chi connectivity index (χ4v) is 2.99. The molecule has 0 bridgehead atoms. The fraction of sp³-hybridized carbons (Fsp3) is 0.294. The van der Waals surface area contributed by atoms with Crippen LogP contribution in [0.2, 0.25) is 0 Å². The van der Waals surface area contributed by atoms with E-state index in [0.29, 0.717) is 18.8 Å². The monoisotopic (exact) mass is 324 g/mol. The van der Waals surface area contributed by atoms with E-state index in [1.54, 1.807) is 4.52 Å². The van der Waals surface area contributed by atoms with E-state index in [2.05, 4.69) is 31.4 Å². The molecule has 0 aliphatic heterocycles. The third-order valence-corrected chi connectivity index (χ3v) is 4.60. The molecular formula is C17H17FN6. The molecule has 3 heterocycles. The quantitative estimate of drug-likeness (QED) is 0.799. The first-order valence-corrected chi connectivity index (χ1v) is 7.99. The Kier molecular flexibility index (Phi) is 2.74. The topological polar surface area (TPSA) is 68.0 Å². The summed E-state index contributed by atoms with van der Waals surface area (Å²) in [7, 11) is 0. The van der Waals surface area contributed by atoms with Gasteiger partial charge in [-0.05, 0) is 30.5 Å². The number of fused-ring (bicyclic) bond motifs is 2. The predicted molar refractivity (Wildman–Crippen MR) is 89.5 cm³/mol.